The van der Waals surface area contributed by atoms with Gasteiger partial charge >= 0.3 is 17.9 Å². The summed E-state index contributed by atoms with van der Waals surface area (Å²) in [6.45, 7) is 9.80. The predicted octanol–water partition coefficient (Wildman–Crippen LogP) is 5.23. The van der Waals surface area contributed by atoms with E-state index >= 15 is 0 Å². The SMILES string of the molecule is CC(=O)OC1CCC2(C)C(CCC3C2CC(OC(C)=O)C2(C)C(C(C)CC(=O)O)CCC32)C1. The first kappa shape index (κ1) is 24.5. The fourth-order valence-corrected chi connectivity index (χ4v) is 9.25. The predicted molar refractivity (Wildman–Crippen MR) is 123 cm³/mol. The highest BCUT2D eigenvalue weighted by Crippen LogP contribution is 2.69. The summed E-state index contributed by atoms with van der Waals surface area (Å²) in [5.41, 5.74) is 0.00387. The highest BCUT2D eigenvalue weighted by Gasteiger charge is 2.65. The lowest BCUT2D eigenvalue weighted by atomic mass is 9.43. The van der Waals surface area contributed by atoms with E-state index in [9.17, 15) is 19.5 Å². The first-order valence-electron chi connectivity index (χ1n) is 13.0. The largest absolute Gasteiger partial charge is 0.481 e. The first-order chi connectivity index (χ1) is 15.5. The molecule has 6 heteroatoms. The molecule has 0 aromatic heterocycles. The van der Waals surface area contributed by atoms with Gasteiger partial charge < -0.3 is 14.6 Å². The molecule has 4 saturated carbocycles. The quantitative estimate of drug-likeness (QED) is 0.563. The molecule has 0 radical (unpaired) electrons. The first-order valence-corrected chi connectivity index (χ1v) is 13.0. The fraction of sp³-hybridized carbons (Fsp3) is 0.889. The van der Waals surface area contributed by atoms with E-state index in [-0.39, 0.29) is 53.2 Å². The van der Waals surface area contributed by atoms with Crippen molar-refractivity contribution in [2.75, 3.05) is 0 Å². The molecule has 33 heavy (non-hydrogen) atoms. The zero-order chi connectivity index (χ0) is 24.1. The smallest absolute Gasteiger partial charge is 0.303 e. The van der Waals surface area contributed by atoms with Crippen LogP contribution in [-0.2, 0) is 23.9 Å². The van der Waals surface area contributed by atoms with E-state index in [1.54, 1.807) is 0 Å². The van der Waals surface area contributed by atoms with Gasteiger partial charge in [0, 0.05) is 25.7 Å². The second kappa shape index (κ2) is 8.88. The number of hydrogen-bond donors (Lipinski definition) is 1. The molecule has 4 fully saturated rings. The van der Waals surface area contributed by atoms with Crippen molar-refractivity contribution in [3.63, 3.8) is 0 Å². The number of ether oxygens (including phenoxy) is 2. The van der Waals surface area contributed by atoms with Gasteiger partial charge in [0.1, 0.15) is 12.2 Å². The Hall–Kier alpha value is -1.59. The molecular weight excluding hydrogens is 420 g/mol. The molecule has 0 aromatic carbocycles. The van der Waals surface area contributed by atoms with Crippen LogP contribution in [0.5, 0.6) is 0 Å². The second-order valence-corrected chi connectivity index (χ2v) is 12.1. The summed E-state index contributed by atoms with van der Waals surface area (Å²) >= 11 is 0. The monoisotopic (exact) mass is 462 g/mol. The Morgan fingerprint density at radius 2 is 1.64 bits per heavy atom. The topological polar surface area (TPSA) is 89.9 Å². The van der Waals surface area contributed by atoms with Crippen LogP contribution in [0.15, 0.2) is 0 Å². The summed E-state index contributed by atoms with van der Waals surface area (Å²) < 4.78 is 11.7. The molecule has 0 aromatic rings. The van der Waals surface area contributed by atoms with Crippen molar-refractivity contribution in [1.29, 1.82) is 0 Å². The second-order valence-electron chi connectivity index (χ2n) is 12.1. The van der Waals surface area contributed by atoms with E-state index in [0.717, 1.165) is 44.9 Å². The van der Waals surface area contributed by atoms with E-state index < -0.39 is 5.97 Å². The Labute approximate surface area is 198 Å². The van der Waals surface area contributed by atoms with E-state index in [0.29, 0.717) is 23.7 Å². The lowest BCUT2D eigenvalue weighted by Crippen LogP contribution is -2.59. The van der Waals surface area contributed by atoms with Crippen LogP contribution in [0.2, 0.25) is 0 Å². The third kappa shape index (κ3) is 4.20. The van der Waals surface area contributed by atoms with Crippen LogP contribution >= 0.6 is 0 Å². The van der Waals surface area contributed by atoms with Gasteiger partial charge in [-0.15, -0.1) is 0 Å². The third-order valence-electron chi connectivity index (χ3n) is 10.6. The molecule has 0 spiro atoms. The Balaban J connectivity index is 1.62. The van der Waals surface area contributed by atoms with Crippen LogP contribution in [-0.4, -0.2) is 35.2 Å². The van der Waals surface area contributed by atoms with Crippen LogP contribution < -0.4 is 0 Å². The molecule has 1 N–H and O–H groups in total. The van der Waals surface area contributed by atoms with E-state index in [2.05, 4.69) is 20.8 Å². The van der Waals surface area contributed by atoms with Gasteiger partial charge in [-0.1, -0.05) is 20.8 Å². The number of carbonyl (C=O) groups excluding carboxylic acids is 2. The molecule has 10 atom stereocenters. The van der Waals surface area contributed by atoms with Crippen molar-refractivity contribution >= 4 is 17.9 Å². The summed E-state index contributed by atoms with van der Waals surface area (Å²) in [7, 11) is 0. The Morgan fingerprint density at radius 1 is 0.939 bits per heavy atom. The number of esters is 2. The molecule has 4 aliphatic rings. The number of carboxylic acid groups (broad SMARTS) is 1. The molecule has 4 aliphatic carbocycles. The zero-order valence-corrected chi connectivity index (χ0v) is 21.0. The van der Waals surface area contributed by atoms with E-state index in [4.69, 9.17) is 9.47 Å². The molecule has 0 saturated heterocycles. The van der Waals surface area contributed by atoms with E-state index in [1.165, 1.54) is 20.3 Å². The zero-order valence-electron chi connectivity index (χ0n) is 21.0. The van der Waals surface area contributed by atoms with Crippen molar-refractivity contribution in [2.45, 2.75) is 105 Å². The van der Waals surface area contributed by atoms with Gasteiger partial charge in [0.25, 0.3) is 0 Å². The molecule has 0 aliphatic heterocycles. The lowest BCUT2D eigenvalue weighted by Gasteiger charge is -2.62. The molecule has 4 rings (SSSR count). The molecule has 0 bridgehead atoms. The van der Waals surface area contributed by atoms with Crippen LogP contribution in [0.4, 0.5) is 0 Å². The average molecular weight is 463 g/mol. The van der Waals surface area contributed by atoms with E-state index in [1.807, 2.05) is 0 Å². The Bertz CT molecular complexity index is 793. The molecular formula is C27H42O6. The highest BCUT2D eigenvalue weighted by molar-refractivity contribution is 5.67. The van der Waals surface area contributed by atoms with Crippen molar-refractivity contribution in [2.24, 2.45) is 46.3 Å². The Kier molecular flexibility index (Phi) is 6.60. The van der Waals surface area contributed by atoms with Gasteiger partial charge in [0.2, 0.25) is 0 Å². The number of carbonyl (C=O) groups is 3. The molecule has 10 unspecified atom stereocenters. The van der Waals surface area contributed by atoms with Crippen LogP contribution in [0.25, 0.3) is 0 Å². The van der Waals surface area contributed by atoms with Crippen molar-refractivity contribution in [1.82, 2.24) is 0 Å². The van der Waals surface area contributed by atoms with Gasteiger partial charge in [0.05, 0.1) is 0 Å². The summed E-state index contributed by atoms with van der Waals surface area (Å²) in [6.07, 6.45) is 8.27. The summed E-state index contributed by atoms with van der Waals surface area (Å²) in [5, 5.41) is 9.45. The summed E-state index contributed by atoms with van der Waals surface area (Å²) in [6, 6.07) is 0. The van der Waals surface area contributed by atoms with Crippen molar-refractivity contribution in [3.05, 3.63) is 0 Å². The number of rotatable bonds is 5. The number of carboxylic acids is 1. The maximum Gasteiger partial charge on any atom is 0.303 e. The minimum atomic E-state index is -0.746. The normalized spacial score (nSPS) is 45.2. The molecule has 186 valence electrons. The minimum Gasteiger partial charge on any atom is -0.481 e. The number of hydrogen-bond acceptors (Lipinski definition) is 5. The number of fused-ring (bicyclic) bond motifs is 5. The third-order valence-corrected chi connectivity index (χ3v) is 10.6. The Morgan fingerprint density at radius 3 is 2.27 bits per heavy atom. The maximum atomic E-state index is 12.2. The molecule has 0 amide bonds. The summed E-state index contributed by atoms with van der Waals surface area (Å²) in [4.78, 5) is 35.2. The number of aliphatic carboxylic acids is 1. The lowest BCUT2D eigenvalue weighted by molar-refractivity contribution is -0.198. The van der Waals surface area contributed by atoms with Gasteiger partial charge in [-0.2, -0.15) is 0 Å². The van der Waals surface area contributed by atoms with Gasteiger partial charge in [0.15, 0.2) is 0 Å². The molecule has 0 heterocycles. The van der Waals surface area contributed by atoms with Gasteiger partial charge in [-0.3, -0.25) is 14.4 Å². The average Bonchev–Trinajstić information content (AvgIpc) is 3.06. The molecule has 6 nitrogen and oxygen atoms in total. The van der Waals surface area contributed by atoms with Crippen LogP contribution in [0.1, 0.15) is 92.4 Å². The maximum absolute atomic E-state index is 12.2. The van der Waals surface area contributed by atoms with Crippen molar-refractivity contribution < 1.29 is 29.0 Å². The fourth-order valence-electron chi connectivity index (χ4n) is 9.25. The minimum absolute atomic E-state index is 0.0305. The summed E-state index contributed by atoms with van der Waals surface area (Å²) in [5.74, 6) is 1.24. The van der Waals surface area contributed by atoms with Gasteiger partial charge in [-0.05, 0) is 92.3 Å². The van der Waals surface area contributed by atoms with Gasteiger partial charge in [-0.25, -0.2) is 0 Å². The van der Waals surface area contributed by atoms with Crippen molar-refractivity contribution in [3.8, 4) is 0 Å². The van der Waals surface area contributed by atoms with Crippen LogP contribution in [0, 0.1) is 46.3 Å². The standard InChI is InChI=1S/C27H42O6/c1-15(12-25(30)31)21-8-9-22-20-7-6-18-13-19(32-16(2)28)10-11-26(18,4)23(20)14-24(27(21,22)5)33-17(3)29/h15,18-24H,6-14H2,1-5H3,(H,30,31). The van der Waals surface area contributed by atoms with Crippen LogP contribution in [0.3, 0.4) is 0 Å². The highest BCUT2D eigenvalue weighted by atomic mass is 16.5.